The van der Waals surface area contributed by atoms with Gasteiger partial charge in [-0.15, -0.1) is 0 Å². The lowest BCUT2D eigenvalue weighted by molar-refractivity contribution is -0.0948. The minimum absolute atomic E-state index is 0.0502. The molecule has 4 aliphatic carbocycles. The number of rotatable bonds is 0. The van der Waals surface area contributed by atoms with Gasteiger partial charge in [0.1, 0.15) is 6.17 Å². The second kappa shape index (κ2) is 4.77. The van der Waals surface area contributed by atoms with Crippen molar-refractivity contribution in [3.8, 4) is 0 Å². The molecule has 126 valence electrons. The molecule has 7 atom stereocenters. The van der Waals surface area contributed by atoms with Gasteiger partial charge in [-0.1, -0.05) is 26.0 Å². The number of allylic oxidation sites excluding steroid dienone is 1. The molecule has 0 radical (unpaired) electrons. The summed E-state index contributed by atoms with van der Waals surface area (Å²) in [6, 6.07) is 0. The Morgan fingerprint density at radius 2 is 1.91 bits per heavy atom. The van der Waals surface area contributed by atoms with Crippen LogP contribution in [-0.2, 0) is 0 Å². The van der Waals surface area contributed by atoms with Crippen LogP contribution in [0, 0.1) is 45.3 Å². The monoisotopic (exact) mass is 316 g/mol. The van der Waals surface area contributed by atoms with E-state index in [0.717, 1.165) is 43.5 Å². The molecule has 4 aliphatic rings. The Labute approximate surface area is 138 Å². The van der Waals surface area contributed by atoms with E-state index in [1.165, 1.54) is 5.57 Å². The second-order valence-electron chi connectivity index (χ2n) is 9.17. The topological polar surface area (TPSA) is 47.7 Å². The SMILES string of the molecule is C=C1CCC2C3CC(=N)C4CC(=N)CC[C@]4(C)C3C(F)C[C@]12C. The minimum Gasteiger partial charge on any atom is -0.310 e. The predicted molar refractivity (Wildman–Crippen MR) is 92.0 cm³/mol. The lowest BCUT2D eigenvalue weighted by atomic mass is 9.44. The Kier molecular flexibility index (Phi) is 3.22. The van der Waals surface area contributed by atoms with Crippen LogP contribution in [0.3, 0.4) is 0 Å². The molecule has 3 heteroatoms. The maximum Gasteiger partial charge on any atom is 0.105 e. The van der Waals surface area contributed by atoms with Gasteiger partial charge in [0.25, 0.3) is 0 Å². The van der Waals surface area contributed by atoms with Crippen LogP contribution in [0.4, 0.5) is 4.39 Å². The average molecular weight is 316 g/mol. The fourth-order valence-electron chi connectivity index (χ4n) is 6.89. The fraction of sp³-hybridized carbons (Fsp3) is 0.800. The van der Waals surface area contributed by atoms with Crippen molar-refractivity contribution in [3.63, 3.8) is 0 Å². The Morgan fingerprint density at radius 1 is 1.17 bits per heavy atom. The molecular weight excluding hydrogens is 287 g/mol. The van der Waals surface area contributed by atoms with Crippen LogP contribution >= 0.6 is 0 Å². The first-order valence-electron chi connectivity index (χ1n) is 9.23. The van der Waals surface area contributed by atoms with Crippen molar-refractivity contribution in [1.29, 1.82) is 10.8 Å². The van der Waals surface area contributed by atoms with Crippen molar-refractivity contribution in [1.82, 2.24) is 0 Å². The first-order valence-corrected chi connectivity index (χ1v) is 9.23. The zero-order chi connectivity index (χ0) is 16.6. The number of fused-ring (bicyclic) bond motifs is 5. The summed E-state index contributed by atoms with van der Waals surface area (Å²) >= 11 is 0. The van der Waals surface area contributed by atoms with Crippen LogP contribution in [0.1, 0.15) is 58.8 Å². The van der Waals surface area contributed by atoms with Gasteiger partial charge >= 0.3 is 0 Å². The Morgan fingerprint density at radius 3 is 2.65 bits per heavy atom. The predicted octanol–water partition coefficient (Wildman–Crippen LogP) is 5.18. The molecule has 0 aliphatic heterocycles. The van der Waals surface area contributed by atoms with Gasteiger partial charge in [-0.3, -0.25) is 0 Å². The molecule has 23 heavy (non-hydrogen) atoms. The molecule has 0 bridgehead atoms. The first-order chi connectivity index (χ1) is 10.8. The third-order valence-electron chi connectivity index (χ3n) is 8.22. The van der Waals surface area contributed by atoms with E-state index in [-0.39, 0.29) is 22.7 Å². The van der Waals surface area contributed by atoms with E-state index in [1.807, 2.05) is 0 Å². The van der Waals surface area contributed by atoms with Gasteiger partial charge in [-0.25, -0.2) is 4.39 Å². The highest BCUT2D eigenvalue weighted by Crippen LogP contribution is 2.66. The molecule has 4 saturated carbocycles. The molecule has 0 spiro atoms. The van der Waals surface area contributed by atoms with Crippen LogP contribution in [0.15, 0.2) is 12.2 Å². The number of nitrogens with one attached hydrogen (secondary N) is 2. The molecule has 0 heterocycles. The van der Waals surface area contributed by atoms with Gasteiger partial charge in [-0.05, 0) is 73.5 Å². The zero-order valence-electron chi connectivity index (χ0n) is 14.4. The molecule has 0 aromatic heterocycles. The standard InChI is InChI=1S/C20H29FN2/c1-11-4-5-14-13-9-17(23)15-8-12(22)6-7-19(15,2)18(13)16(21)10-20(11,14)3/h13-16,18,22-23H,1,4-10H2,2-3H3/t13?,14?,15?,16?,18?,19-,20+/m0/s1. The van der Waals surface area contributed by atoms with Crippen LogP contribution in [0.2, 0.25) is 0 Å². The van der Waals surface area contributed by atoms with E-state index in [1.54, 1.807) is 0 Å². The third-order valence-corrected chi connectivity index (χ3v) is 8.22. The van der Waals surface area contributed by atoms with E-state index in [4.69, 9.17) is 10.8 Å². The van der Waals surface area contributed by atoms with Crippen molar-refractivity contribution < 1.29 is 4.39 Å². The first kappa shape index (κ1) is 15.5. The summed E-state index contributed by atoms with van der Waals surface area (Å²) < 4.78 is 15.5. The van der Waals surface area contributed by atoms with Crippen molar-refractivity contribution in [2.75, 3.05) is 0 Å². The largest absolute Gasteiger partial charge is 0.310 e. The van der Waals surface area contributed by atoms with E-state index < -0.39 is 6.17 Å². The lowest BCUT2D eigenvalue weighted by Crippen LogP contribution is -2.59. The van der Waals surface area contributed by atoms with Crippen molar-refractivity contribution in [2.45, 2.75) is 65.0 Å². The normalized spacial score (nSPS) is 52.8. The van der Waals surface area contributed by atoms with Crippen molar-refractivity contribution >= 4 is 11.4 Å². The lowest BCUT2D eigenvalue weighted by Gasteiger charge is -2.60. The molecule has 0 saturated heterocycles. The number of hydrogen-bond donors (Lipinski definition) is 2. The third kappa shape index (κ3) is 1.91. The van der Waals surface area contributed by atoms with Gasteiger partial charge in [-0.2, -0.15) is 0 Å². The molecule has 2 nitrogen and oxygen atoms in total. The average Bonchev–Trinajstić information content (AvgIpc) is 2.76. The highest BCUT2D eigenvalue weighted by Gasteiger charge is 2.63. The quantitative estimate of drug-likeness (QED) is 0.578. The molecule has 2 N–H and O–H groups in total. The second-order valence-corrected chi connectivity index (χ2v) is 9.17. The van der Waals surface area contributed by atoms with Crippen LogP contribution in [-0.4, -0.2) is 17.6 Å². The summed E-state index contributed by atoms with van der Waals surface area (Å²) in [6.45, 7) is 8.72. The van der Waals surface area contributed by atoms with Gasteiger partial charge in [0.2, 0.25) is 0 Å². The molecular formula is C20H29FN2. The molecule has 0 amide bonds. The van der Waals surface area contributed by atoms with Crippen LogP contribution in [0.5, 0.6) is 0 Å². The molecule has 4 rings (SSSR count). The summed E-state index contributed by atoms with van der Waals surface area (Å²) in [7, 11) is 0. The highest BCUT2D eigenvalue weighted by atomic mass is 19.1. The van der Waals surface area contributed by atoms with Gasteiger partial charge in [0.05, 0.1) is 0 Å². The summed E-state index contributed by atoms with van der Waals surface area (Å²) in [5, 5.41) is 16.7. The molecule has 4 fully saturated rings. The molecule has 0 aromatic carbocycles. The highest BCUT2D eigenvalue weighted by molar-refractivity contribution is 5.93. The van der Waals surface area contributed by atoms with Crippen molar-refractivity contribution in [3.05, 3.63) is 12.2 Å². The number of halogens is 1. The Hall–Kier alpha value is -0.990. The number of hydrogen-bond acceptors (Lipinski definition) is 2. The number of alkyl halides is 1. The van der Waals surface area contributed by atoms with Gasteiger partial charge < -0.3 is 10.8 Å². The summed E-state index contributed by atoms with van der Waals surface area (Å²) in [5.74, 6) is 1.01. The maximum atomic E-state index is 15.5. The van der Waals surface area contributed by atoms with E-state index >= 15 is 4.39 Å². The maximum absolute atomic E-state index is 15.5. The summed E-state index contributed by atoms with van der Waals surface area (Å²) in [5.41, 5.74) is 2.64. The zero-order valence-corrected chi connectivity index (χ0v) is 14.4. The van der Waals surface area contributed by atoms with E-state index in [0.29, 0.717) is 24.7 Å². The van der Waals surface area contributed by atoms with Crippen molar-refractivity contribution in [2.24, 2.45) is 34.5 Å². The Balaban J connectivity index is 1.76. The van der Waals surface area contributed by atoms with Crippen LogP contribution in [0.25, 0.3) is 0 Å². The van der Waals surface area contributed by atoms with Gasteiger partial charge in [0.15, 0.2) is 0 Å². The Bertz CT molecular complexity index is 596. The smallest absolute Gasteiger partial charge is 0.105 e. The summed E-state index contributed by atoms with van der Waals surface area (Å²) in [4.78, 5) is 0. The molecule has 0 aromatic rings. The molecule has 5 unspecified atom stereocenters. The van der Waals surface area contributed by atoms with E-state index in [2.05, 4.69) is 20.4 Å². The van der Waals surface area contributed by atoms with Gasteiger partial charge in [0, 0.05) is 17.3 Å². The fourth-order valence-corrected chi connectivity index (χ4v) is 6.89. The minimum atomic E-state index is -0.774. The summed E-state index contributed by atoms with van der Waals surface area (Å²) in [6.07, 6.45) is 5.17. The van der Waals surface area contributed by atoms with Crippen LogP contribution < -0.4 is 0 Å². The van der Waals surface area contributed by atoms with E-state index in [9.17, 15) is 0 Å².